The molecule has 0 unspecified atom stereocenters. The standard InChI is InChI=1S/C22H30N2O2S/c1-6-15(3)16-8-10-17(11-9-16)19(7-2)24-22(27)23-18-12-13-20(25-4)21(14-18)26-5/h8-15,19H,6-7H2,1-5H3,(H2,23,24,27)/t15-,19+/m1/s1. The third-order valence-corrected chi connectivity index (χ3v) is 5.10. The first kappa shape index (κ1) is 21.0. The smallest absolute Gasteiger partial charge is 0.171 e. The lowest BCUT2D eigenvalue weighted by atomic mass is 9.95. The molecule has 0 fully saturated rings. The Morgan fingerprint density at radius 3 is 2.11 bits per heavy atom. The molecule has 4 nitrogen and oxygen atoms in total. The molecular formula is C22H30N2O2S. The summed E-state index contributed by atoms with van der Waals surface area (Å²) < 4.78 is 10.6. The lowest BCUT2D eigenvalue weighted by molar-refractivity contribution is 0.355. The summed E-state index contributed by atoms with van der Waals surface area (Å²) in [5.41, 5.74) is 3.47. The van der Waals surface area contributed by atoms with Crippen LogP contribution in [0.4, 0.5) is 5.69 Å². The van der Waals surface area contributed by atoms with Crippen molar-refractivity contribution in [3.05, 3.63) is 53.6 Å². The maximum atomic E-state index is 5.51. The van der Waals surface area contributed by atoms with E-state index in [4.69, 9.17) is 21.7 Å². The van der Waals surface area contributed by atoms with Gasteiger partial charge in [0.1, 0.15) is 0 Å². The Bertz CT molecular complexity index is 746. The molecule has 2 rings (SSSR count). The Morgan fingerprint density at radius 2 is 1.56 bits per heavy atom. The van der Waals surface area contributed by atoms with Crippen LogP contribution in [0.1, 0.15) is 56.7 Å². The number of rotatable bonds is 8. The summed E-state index contributed by atoms with van der Waals surface area (Å²) in [6, 6.07) is 14.6. The third-order valence-electron chi connectivity index (χ3n) is 4.88. The zero-order valence-electron chi connectivity index (χ0n) is 16.8. The van der Waals surface area contributed by atoms with Crippen LogP contribution in [0.2, 0.25) is 0 Å². The van der Waals surface area contributed by atoms with Crippen molar-refractivity contribution in [2.45, 2.75) is 45.6 Å². The van der Waals surface area contributed by atoms with Crippen LogP contribution >= 0.6 is 12.2 Å². The van der Waals surface area contributed by atoms with Crippen LogP contribution in [0.5, 0.6) is 11.5 Å². The average molecular weight is 387 g/mol. The third kappa shape index (κ3) is 5.60. The van der Waals surface area contributed by atoms with E-state index < -0.39 is 0 Å². The minimum Gasteiger partial charge on any atom is -0.493 e. The number of nitrogens with one attached hydrogen (secondary N) is 2. The molecule has 0 bridgehead atoms. The first-order valence-corrected chi connectivity index (χ1v) is 9.82. The monoisotopic (exact) mass is 386 g/mol. The van der Waals surface area contributed by atoms with Crippen molar-refractivity contribution in [2.75, 3.05) is 19.5 Å². The second kappa shape index (κ2) is 10.2. The Kier molecular flexibility index (Phi) is 7.92. The summed E-state index contributed by atoms with van der Waals surface area (Å²) in [5, 5.41) is 7.22. The molecule has 0 saturated heterocycles. The van der Waals surface area contributed by atoms with Crippen LogP contribution < -0.4 is 20.1 Å². The van der Waals surface area contributed by atoms with Gasteiger partial charge in [-0.2, -0.15) is 0 Å². The molecule has 27 heavy (non-hydrogen) atoms. The van der Waals surface area contributed by atoms with E-state index >= 15 is 0 Å². The summed E-state index contributed by atoms with van der Waals surface area (Å²) in [6.45, 7) is 6.62. The molecule has 5 heteroatoms. The Morgan fingerprint density at radius 1 is 0.926 bits per heavy atom. The normalized spacial score (nSPS) is 12.8. The Balaban J connectivity index is 2.04. The molecule has 0 spiro atoms. The molecule has 2 aromatic carbocycles. The maximum Gasteiger partial charge on any atom is 0.171 e. The van der Waals surface area contributed by atoms with Gasteiger partial charge in [-0.15, -0.1) is 0 Å². The summed E-state index contributed by atoms with van der Waals surface area (Å²) >= 11 is 5.51. The maximum absolute atomic E-state index is 5.51. The van der Waals surface area contributed by atoms with Crippen molar-refractivity contribution in [1.29, 1.82) is 0 Å². The largest absolute Gasteiger partial charge is 0.493 e. The minimum absolute atomic E-state index is 0.163. The van der Waals surface area contributed by atoms with Gasteiger partial charge in [0.2, 0.25) is 0 Å². The highest BCUT2D eigenvalue weighted by molar-refractivity contribution is 7.80. The van der Waals surface area contributed by atoms with Gasteiger partial charge >= 0.3 is 0 Å². The van der Waals surface area contributed by atoms with Crippen LogP contribution in [-0.4, -0.2) is 19.3 Å². The summed E-state index contributed by atoms with van der Waals surface area (Å²) in [5.74, 6) is 1.94. The highest BCUT2D eigenvalue weighted by Gasteiger charge is 2.12. The van der Waals surface area contributed by atoms with E-state index in [9.17, 15) is 0 Å². The highest BCUT2D eigenvalue weighted by Crippen LogP contribution is 2.30. The molecule has 2 atom stereocenters. The van der Waals surface area contributed by atoms with E-state index in [-0.39, 0.29) is 6.04 Å². The molecule has 0 aromatic heterocycles. The van der Waals surface area contributed by atoms with Gasteiger partial charge in [0, 0.05) is 11.8 Å². The molecule has 0 heterocycles. The molecule has 0 aliphatic carbocycles. The molecule has 0 amide bonds. The number of thiocarbonyl (C=S) groups is 1. The van der Waals surface area contributed by atoms with Crippen LogP contribution in [0.3, 0.4) is 0 Å². The molecule has 2 N–H and O–H groups in total. The zero-order chi connectivity index (χ0) is 19.8. The summed E-state index contributed by atoms with van der Waals surface area (Å²) in [4.78, 5) is 0. The quantitative estimate of drug-likeness (QED) is 0.574. The first-order valence-electron chi connectivity index (χ1n) is 9.41. The molecule has 146 valence electrons. The van der Waals surface area contributed by atoms with E-state index in [1.165, 1.54) is 11.1 Å². The number of anilines is 1. The highest BCUT2D eigenvalue weighted by atomic mass is 32.1. The topological polar surface area (TPSA) is 42.5 Å². The van der Waals surface area contributed by atoms with Gasteiger partial charge in [0.05, 0.1) is 20.3 Å². The number of ether oxygens (including phenoxy) is 2. The second-order valence-corrected chi connectivity index (χ2v) is 7.01. The van der Waals surface area contributed by atoms with Crippen LogP contribution in [0.25, 0.3) is 0 Å². The van der Waals surface area contributed by atoms with Crippen molar-refractivity contribution in [3.63, 3.8) is 0 Å². The Labute approximate surface area is 168 Å². The Hall–Kier alpha value is -2.27. The summed E-state index contributed by atoms with van der Waals surface area (Å²) in [6.07, 6.45) is 2.09. The van der Waals surface area contributed by atoms with Crippen LogP contribution in [-0.2, 0) is 0 Å². The number of hydrogen-bond acceptors (Lipinski definition) is 3. The minimum atomic E-state index is 0.163. The van der Waals surface area contributed by atoms with Crippen LogP contribution in [0.15, 0.2) is 42.5 Å². The van der Waals surface area contributed by atoms with Crippen LogP contribution in [0, 0.1) is 0 Å². The molecule has 2 aromatic rings. The molecule has 0 saturated carbocycles. The molecule has 0 aliphatic rings. The van der Waals surface area contributed by atoms with Gasteiger partial charge in [-0.3, -0.25) is 0 Å². The molecule has 0 aliphatic heterocycles. The van der Waals surface area contributed by atoms with E-state index in [0.717, 1.165) is 18.5 Å². The van der Waals surface area contributed by atoms with E-state index in [1.54, 1.807) is 14.2 Å². The van der Waals surface area contributed by atoms with Gasteiger partial charge < -0.3 is 20.1 Å². The predicted octanol–water partition coefficient (Wildman–Crippen LogP) is 5.66. The fraction of sp³-hybridized carbons (Fsp3) is 0.409. The van der Waals surface area contributed by atoms with Crippen molar-refractivity contribution >= 4 is 23.0 Å². The predicted molar refractivity (Wildman–Crippen MR) is 117 cm³/mol. The number of methoxy groups -OCH3 is 2. The van der Waals surface area contributed by atoms with Crippen molar-refractivity contribution < 1.29 is 9.47 Å². The fourth-order valence-corrected chi connectivity index (χ4v) is 3.21. The average Bonchev–Trinajstić information content (AvgIpc) is 2.71. The van der Waals surface area contributed by atoms with Gasteiger partial charge in [-0.1, -0.05) is 45.0 Å². The number of benzene rings is 2. The lowest BCUT2D eigenvalue weighted by Crippen LogP contribution is -2.32. The lowest BCUT2D eigenvalue weighted by Gasteiger charge is -2.21. The first-order chi connectivity index (χ1) is 13.0. The SMILES string of the molecule is CC[C@@H](C)c1ccc([C@H](CC)NC(=S)Nc2ccc(OC)c(OC)c2)cc1. The second-order valence-electron chi connectivity index (χ2n) is 6.61. The van der Waals surface area contributed by atoms with Gasteiger partial charge in [0.25, 0.3) is 0 Å². The van der Waals surface area contributed by atoms with E-state index in [2.05, 4.69) is 55.7 Å². The van der Waals surface area contributed by atoms with Gasteiger partial charge in [-0.05, 0) is 54.2 Å². The summed E-state index contributed by atoms with van der Waals surface area (Å²) in [7, 11) is 3.24. The van der Waals surface area contributed by atoms with Crippen molar-refractivity contribution in [1.82, 2.24) is 5.32 Å². The number of hydrogen-bond donors (Lipinski definition) is 2. The van der Waals surface area contributed by atoms with Gasteiger partial charge in [0.15, 0.2) is 16.6 Å². The van der Waals surface area contributed by atoms with Crippen molar-refractivity contribution in [2.24, 2.45) is 0 Å². The van der Waals surface area contributed by atoms with Crippen molar-refractivity contribution in [3.8, 4) is 11.5 Å². The molecule has 0 radical (unpaired) electrons. The van der Waals surface area contributed by atoms with E-state index in [0.29, 0.717) is 22.5 Å². The van der Waals surface area contributed by atoms with E-state index in [1.807, 2.05) is 18.2 Å². The van der Waals surface area contributed by atoms with Gasteiger partial charge in [-0.25, -0.2) is 0 Å². The fourth-order valence-electron chi connectivity index (χ4n) is 2.95. The molecular weight excluding hydrogens is 356 g/mol. The zero-order valence-corrected chi connectivity index (χ0v) is 17.7.